The van der Waals surface area contributed by atoms with Crippen LogP contribution in [0.5, 0.6) is 0 Å². The summed E-state index contributed by atoms with van der Waals surface area (Å²) >= 11 is 0. The minimum atomic E-state index is -1.08. The van der Waals surface area contributed by atoms with Crippen LogP contribution in [0.1, 0.15) is 15.9 Å². The highest BCUT2D eigenvalue weighted by atomic mass is 16.6. The van der Waals surface area contributed by atoms with Gasteiger partial charge in [-0.15, -0.1) is 0 Å². The number of aliphatic imine (C=N–C) groups is 1. The summed E-state index contributed by atoms with van der Waals surface area (Å²) in [6, 6.07) is 11.9. The Kier molecular flexibility index (Phi) is 5.77. The van der Waals surface area contributed by atoms with Crippen molar-refractivity contribution in [2.45, 2.75) is 0 Å². The van der Waals surface area contributed by atoms with Crippen molar-refractivity contribution < 1.29 is 28.9 Å². The number of non-ortho nitro benzene ring substituents is 1. The first-order valence-corrected chi connectivity index (χ1v) is 9.86. The maximum atomic E-state index is 13.5. The van der Waals surface area contributed by atoms with Crippen LogP contribution in [0.25, 0.3) is 6.08 Å². The Morgan fingerprint density at radius 1 is 1.18 bits per heavy atom. The first-order valence-electron chi connectivity index (χ1n) is 9.86. The molecule has 33 heavy (non-hydrogen) atoms. The lowest BCUT2D eigenvalue weighted by Crippen LogP contribution is -2.38. The molecule has 0 unspecified atom stereocenters. The molecule has 0 saturated carbocycles. The number of amidine groups is 1. The molecule has 1 atom stereocenters. The van der Waals surface area contributed by atoms with Crippen molar-refractivity contribution >= 4 is 40.9 Å². The molecule has 9 heteroatoms. The molecule has 9 nitrogen and oxygen atoms in total. The molecular weight excluding hydrogens is 426 g/mol. The van der Waals surface area contributed by atoms with Crippen molar-refractivity contribution in [3.05, 3.63) is 99.8 Å². The number of nitro benzene ring substituents is 1. The Morgan fingerprint density at radius 2 is 1.94 bits per heavy atom. The van der Waals surface area contributed by atoms with E-state index in [-0.39, 0.29) is 17.2 Å². The van der Waals surface area contributed by atoms with Crippen LogP contribution in [0.2, 0.25) is 0 Å². The van der Waals surface area contributed by atoms with E-state index in [1.54, 1.807) is 42.5 Å². The van der Waals surface area contributed by atoms with E-state index >= 15 is 0 Å². The zero-order chi connectivity index (χ0) is 23.5. The number of methoxy groups -OCH3 is 1. The van der Waals surface area contributed by atoms with Gasteiger partial charge in [-0.05, 0) is 59.1 Å². The highest BCUT2D eigenvalue weighted by Crippen LogP contribution is 2.26. The lowest BCUT2D eigenvalue weighted by Gasteiger charge is -2.18. The van der Waals surface area contributed by atoms with Gasteiger partial charge >= 0.3 is 17.7 Å². The molecule has 1 heterocycles. The van der Waals surface area contributed by atoms with E-state index < -0.39 is 16.8 Å². The summed E-state index contributed by atoms with van der Waals surface area (Å²) in [6.07, 6.45) is 8.30. The van der Waals surface area contributed by atoms with Crippen LogP contribution < -0.4 is 0 Å². The minimum absolute atomic E-state index is 0.0539. The average Bonchev–Trinajstić information content (AvgIpc) is 2.83. The van der Waals surface area contributed by atoms with Crippen LogP contribution >= 0.6 is 0 Å². The molecule has 1 N–H and O–H groups in total. The molecule has 0 fully saturated rings. The van der Waals surface area contributed by atoms with Crippen molar-refractivity contribution in [3.63, 3.8) is 0 Å². The number of amides is 1. The summed E-state index contributed by atoms with van der Waals surface area (Å²) < 4.78 is 6.63. The highest BCUT2D eigenvalue weighted by molar-refractivity contribution is 6.19. The van der Waals surface area contributed by atoms with Gasteiger partial charge in [-0.2, -0.15) is 4.58 Å². The molecule has 0 radical (unpaired) electrons. The number of ether oxygens (including phenoxy) is 1. The first kappa shape index (κ1) is 21.6. The molecule has 0 spiro atoms. The van der Waals surface area contributed by atoms with Gasteiger partial charge in [0.25, 0.3) is 5.69 Å². The number of allylic oxidation sites excluding steroid dienone is 2. The third-order valence-corrected chi connectivity index (χ3v) is 5.14. The number of hydrogen-bond donors (Lipinski definition) is 1. The van der Waals surface area contributed by atoms with Crippen LogP contribution in [0.4, 0.5) is 11.4 Å². The second kappa shape index (κ2) is 8.83. The second-order valence-electron chi connectivity index (χ2n) is 7.19. The normalized spacial score (nSPS) is 17.5. The summed E-state index contributed by atoms with van der Waals surface area (Å²) in [4.78, 5) is 39.9. The summed E-state index contributed by atoms with van der Waals surface area (Å²) in [5.74, 6) is -1.21. The molecule has 1 amide bonds. The predicted octanol–water partition coefficient (Wildman–Crippen LogP) is 3.75. The molecule has 0 aromatic heterocycles. The number of carbonyl (C=O) groups excluding carboxylic acids is 1. The van der Waals surface area contributed by atoms with E-state index in [0.717, 1.165) is 0 Å². The van der Waals surface area contributed by atoms with E-state index in [0.29, 0.717) is 28.6 Å². The SMILES string of the molecule is COC1=C[C@@H]2C(=O)[N+](c3ccc(C(=O)O)cc3)=C(/C=C\c3cccc([N+](=O)[O-])c3)N=C2C=C1. The van der Waals surface area contributed by atoms with Crippen molar-refractivity contribution in [1.29, 1.82) is 0 Å². The van der Waals surface area contributed by atoms with Gasteiger partial charge in [-0.1, -0.05) is 12.1 Å². The molecule has 2 aromatic carbocycles. The third-order valence-electron chi connectivity index (χ3n) is 5.14. The minimum Gasteiger partial charge on any atom is -0.497 e. The number of benzene rings is 2. The number of hydrogen-bond acceptors (Lipinski definition) is 6. The molecule has 1 aliphatic heterocycles. The number of carboxylic acids is 1. The molecule has 0 saturated heterocycles. The summed E-state index contributed by atoms with van der Waals surface area (Å²) in [5, 5.41) is 20.2. The van der Waals surface area contributed by atoms with Crippen LogP contribution in [-0.4, -0.2) is 45.1 Å². The van der Waals surface area contributed by atoms with Gasteiger partial charge in [-0.25, -0.2) is 9.59 Å². The van der Waals surface area contributed by atoms with Crippen LogP contribution in [0, 0.1) is 16.0 Å². The van der Waals surface area contributed by atoms with E-state index in [2.05, 4.69) is 4.99 Å². The Hall–Kier alpha value is -4.66. The number of rotatable bonds is 6. The van der Waals surface area contributed by atoms with Gasteiger partial charge < -0.3 is 9.84 Å². The molecule has 2 aliphatic rings. The Bertz CT molecular complexity index is 1320. The molecule has 2 aromatic rings. The number of nitrogens with zero attached hydrogens (tertiary/aromatic N) is 3. The highest BCUT2D eigenvalue weighted by Gasteiger charge is 2.40. The van der Waals surface area contributed by atoms with Gasteiger partial charge in [0, 0.05) is 18.2 Å². The number of aromatic carboxylic acids is 1. The summed E-state index contributed by atoms with van der Waals surface area (Å²) in [7, 11) is 1.51. The fourth-order valence-corrected chi connectivity index (χ4v) is 3.49. The van der Waals surface area contributed by atoms with Gasteiger partial charge in [0.1, 0.15) is 17.4 Å². The zero-order valence-electron chi connectivity index (χ0n) is 17.4. The maximum Gasteiger partial charge on any atom is 0.335 e. The van der Waals surface area contributed by atoms with Gasteiger partial charge in [-0.3, -0.25) is 10.1 Å². The Morgan fingerprint density at radius 3 is 2.61 bits per heavy atom. The van der Waals surface area contributed by atoms with Crippen molar-refractivity contribution in [3.8, 4) is 0 Å². The first-order chi connectivity index (χ1) is 15.9. The molecule has 1 aliphatic carbocycles. The monoisotopic (exact) mass is 444 g/mol. The Labute approximate surface area is 188 Å². The van der Waals surface area contributed by atoms with Crippen molar-refractivity contribution in [2.75, 3.05) is 7.11 Å². The molecule has 164 valence electrons. The summed E-state index contributed by atoms with van der Waals surface area (Å²) in [5.41, 5.74) is 1.56. The van der Waals surface area contributed by atoms with Crippen molar-refractivity contribution in [1.82, 2.24) is 0 Å². The number of carboxylic acid groups (broad SMARTS) is 1. The van der Waals surface area contributed by atoms with Crippen LogP contribution in [-0.2, 0) is 9.53 Å². The third kappa shape index (κ3) is 4.38. The van der Waals surface area contributed by atoms with Crippen molar-refractivity contribution in [2.24, 2.45) is 10.9 Å². The fourth-order valence-electron chi connectivity index (χ4n) is 3.49. The fraction of sp³-hybridized carbons (Fsp3) is 0.0833. The van der Waals surface area contributed by atoms with E-state index in [1.165, 1.54) is 48.1 Å². The largest absolute Gasteiger partial charge is 0.497 e. The Balaban J connectivity index is 1.82. The molecule has 4 rings (SSSR count). The van der Waals surface area contributed by atoms with Crippen LogP contribution in [0.3, 0.4) is 0 Å². The standard InChI is InChI=1S/C24H17N3O6/c1-33-19-10-11-21-20(14-19)23(28)26(17-8-6-16(7-9-17)24(29)30)22(25-21)12-5-15-3-2-4-18(13-15)27(31)32/h2-14,20H,1H3/p+1/b12-5-/t20-/m0/s1. The smallest absolute Gasteiger partial charge is 0.335 e. The lowest BCUT2D eigenvalue weighted by molar-refractivity contribution is -0.384. The second-order valence-corrected chi connectivity index (χ2v) is 7.19. The maximum absolute atomic E-state index is 13.5. The van der Waals surface area contributed by atoms with Gasteiger partial charge in [0.05, 0.1) is 17.6 Å². The summed E-state index contributed by atoms with van der Waals surface area (Å²) in [6.45, 7) is 0. The molecule has 0 bridgehead atoms. The topological polar surface area (TPSA) is 122 Å². The predicted molar refractivity (Wildman–Crippen MR) is 121 cm³/mol. The van der Waals surface area contributed by atoms with Crippen LogP contribution in [0.15, 0.2) is 83.6 Å². The van der Waals surface area contributed by atoms with Gasteiger partial charge in [0.15, 0.2) is 5.71 Å². The number of carbonyl (C=O) groups is 2. The van der Waals surface area contributed by atoms with Gasteiger partial charge in [0.2, 0.25) is 0 Å². The zero-order valence-corrected chi connectivity index (χ0v) is 17.4. The lowest BCUT2D eigenvalue weighted by atomic mass is 9.94. The molecular formula is C24H18N3O6+. The quantitative estimate of drug-likeness (QED) is 0.411. The average molecular weight is 444 g/mol. The van der Waals surface area contributed by atoms with E-state index in [1.807, 2.05) is 0 Å². The van der Waals surface area contributed by atoms with E-state index in [4.69, 9.17) is 4.74 Å². The number of nitro groups is 1. The number of fused-ring (bicyclic) bond motifs is 1. The van der Waals surface area contributed by atoms with E-state index in [9.17, 15) is 24.8 Å².